The maximum absolute atomic E-state index is 13.4. The highest BCUT2D eigenvalue weighted by Crippen LogP contribution is 2.38. The van der Waals surface area contributed by atoms with Crippen molar-refractivity contribution in [2.45, 2.75) is 32.2 Å². The van der Waals surface area contributed by atoms with Gasteiger partial charge in [-0.25, -0.2) is 8.78 Å². The second-order valence-electron chi connectivity index (χ2n) is 5.16. The number of alkyl halides is 1. The maximum atomic E-state index is 13.4. The van der Waals surface area contributed by atoms with E-state index in [2.05, 4.69) is 5.32 Å². The Hall–Kier alpha value is -0.670. The van der Waals surface area contributed by atoms with Gasteiger partial charge in [-0.1, -0.05) is 25.0 Å². The van der Waals surface area contributed by atoms with Gasteiger partial charge in [-0.2, -0.15) is 0 Å². The highest BCUT2D eigenvalue weighted by Gasteiger charge is 2.32. The molecule has 0 aliphatic heterocycles. The summed E-state index contributed by atoms with van der Waals surface area (Å²) in [5, 5.41) is 3.21. The fourth-order valence-corrected chi connectivity index (χ4v) is 2.99. The molecule has 0 spiro atoms. The summed E-state index contributed by atoms with van der Waals surface area (Å²) in [7, 11) is 0. The van der Waals surface area contributed by atoms with Gasteiger partial charge in [-0.05, 0) is 24.3 Å². The Morgan fingerprint density at radius 3 is 2.61 bits per heavy atom. The van der Waals surface area contributed by atoms with Crippen LogP contribution in [0.2, 0.25) is 0 Å². The van der Waals surface area contributed by atoms with Crippen LogP contribution in [0, 0.1) is 17.0 Å². The SMILES string of the molecule is Fc1cccc(CNCC2(CCl)CCCC2)c1F. The molecule has 0 unspecified atom stereocenters. The van der Waals surface area contributed by atoms with Gasteiger partial charge in [0.2, 0.25) is 0 Å². The predicted octanol–water partition coefficient (Wildman–Crippen LogP) is 3.85. The molecule has 1 N–H and O–H groups in total. The van der Waals surface area contributed by atoms with Crippen LogP contribution in [0.1, 0.15) is 31.2 Å². The second kappa shape index (κ2) is 5.98. The molecule has 1 aromatic rings. The topological polar surface area (TPSA) is 12.0 Å². The molecule has 0 heterocycles. The van der Waals surface area contributed by atoms with E-state index in [9.17, 15) is 8.78 Å². The summed E-state index contributed by atoms with van der Waals surface area (Å²) in [6.45, 7) is 1.12. The van der Waals surface area contributed by atoms with Gasteiger partial charge in [0.05, 0.1) is 0 Å². The third kappa shape index (κ3) is 3.01. The van der Waals surface area contributed by atoms with Crippen LogP contribution in [0.25, 0.3) is 0 Å². The van der Waals surface area contributed by atoms with Crippen LogP contribution in [0.15, 0.2) is 18.2 Å². The Morgan fingerprint density at radius 1 is 1.22 bits per heavy atom. The molecule has 100 valence electrons. The number of hydrogen-bond acceptors (Lipinski definition) is 1. The molecule has 0 radical (unpaired) electrons. The number of halogens is 3. The van der Waals surface area contributed by atoms with E-state index in [1.165, 1.54) is 18.9 Å². The highest BCUT2D eigenvalue weighted by atomic mass is 35.5. The Labute approximate surface area is 112 Å². The first-order valence-corrected chi connectivity index (χ1v) is 6.90. The van der Waals surface area contributed by atoms with Crippen molar-refractivity contribution in [3.63, 3.8) is 0 Å². The number of rotatable bonds is 5. The van der Waals surface area contributed by atoms with Crippen LogP contribution in [0.5, 0.6) is 0 Å². The van der Waals surface area contributed by atoms with Crippen LogP contribution in [-0.2, 0) is 6.54 Å². The van der Waals surface area contributed by atoms with E-state index in [-0.39, 0.29) is 5.41 Å². The lowest BCUT2D eigenvalue weighted by Crippen LogP contribution is -2.33. The second-order valence-corrected chi connectivity index (χ2v) is 5.42. The van der Waals surface area contributed by atoms with Gasteiger partial charge < -0.3 is 5.32 Å². The zero-order chi connectivity index (χ0) is 13.0. The molecule has 18 heavy (non-hydrogen) atoms. The zero-order valence-corrected chi connectivity index (χ0v) is 11.1. The van der Waals surface area contributed by atoms with E-state index in [0.717, 1.165) is 25.5 Å². The first-order valence-electron chi connectivity index (χ1n) is 6.36. The molecule has 0 saturated heterocycles. The molecule has 4 heteroatoms. The summed E-state index contributed by atoms with van der Waals surface area (Å²) >= 11 is 6.03. The number of hydrogen-bond donors (Lipinski definition) is 1. The lowest BCUT2D eigenvalue weighted by molar-refractivity contribution is 0.319. The van der Waals surface area contributed by atoms with Gasteiger partial charge in [0, 0.05) is 24.5 Å². The molecular weight excluding hydrogens is 256 g/mol. The molecule has 0 bridgehead atoms. The standard InChI is InChI=1S/C14H18ClF2N/c15-9-14(6-1-2-7-14)10-18-8-11-4-3-5-12(16)13(11)17/h3-5,18H,1-2,6-10H2. The van der Waals surface area contributed by atoms with E-state index in [0.29, 0.717) is 18.0 Å². The zero-order valence-electron chi connectivity index (χ0n) is 10.3. The van der Waals surface area contributed by atoms with E-state index < -0.39 is 11.6 Å². The molecule has 2 rings (SSSR count). The van der Waals surface area contributed by atoms with Crippen molar-refractivity contribution in [3.05, 3.63) is 35.4 Å². The van der Waals surface area contributed by atoms with Gasteiger partial charge in [0.25, 0.3) is 0 Å². The van der Waals surface area contributed by atoms with Crippen molar-refractivity contribution in [2.75, 3.05) is 12.4 Å². The average molecular weight is 274 g/mol. The average Bonchev–Trinajstić information content (AvgIpc) is 2.84. The van der Waals surface area contributed by atoms with Gasteiger partial charge in [-0.3, -0.25) is 0 Å². The third-order valence-corrected chi connectivity index (χ3v) is 4.36. The summed E-state index contributed by atoms with van der Waals surface area (Å²) in [5.41, 5.74) is 0.517. The van der Waals surface area contributed by atoms with E-state index >= 15 is 0 Å². The van der Waals surface area contributed by atoms with Crippen LogP contribution in [0.4, 0.5) is 8.78 Å². The van der Waals surface area contributed by atoms with Gasteiger partial charge in [0.15, 0.2) is 11.6 Å². The van der Waals surface area contributed by atoms with Crippen molar-refractivity contribution in [3.8, 4) is 0 Å². The first kappa shape index (κ1) is 13.8. The van der Waals surface area contributed by atoms with Crippen molar-refractivity contribution < 1.29 is 8.78 Å². The Bertz CT molecular complexity index is 403. The van der Waals surface area contributed by atoms with Gasteiger partial charge in [-0.15, -0.1) is 11.6 Å². The van der Waals surface area contributed by atoms with Crippen LogP contribution in [-0.4, -0.2) is 12.4 Å². The molecule has 0 atom stereocenters. The minimum atomic E-state index is -0.790. The molecular formula is C14H18ClF2N. The summed E-state index contributed by atoms with van der Waals surface area (Å²) in [4.78, 5) is 0. The third-order valence-electron chi connectivity index (χ3n) is 3.79. The van der Waals surface area contributed by atoms with Crippen LogP contribution >= 0.6 is 11.6 Å². The van der Waals surface area contributed by atoms with Crippen molar-refractivity contribution in [2.24, 2.45) is 5.41 Å². The Morgan fingerprint density at radius 2 is 1.94 bits per heavy atom. The fourth-order valence-electron chi connectivity index (χ4n) is 2.63. The lowest BCUT2D eigenvalue weighted by atomic mass is 9.88. The molecule has 0 aromatic heterocycles. The summed E-state index contributed by atoms with van der Waals surface area (Å²) in [5.74, 6) is -0.912. The van der Waals surface area contributed by atoms with E-state index in [4.69, 9.17) is 11.6 Å². The van der Waals surface area contributed by atoms with Crippen molar-refractivity contribution >= 4 is 11.6 Å². The fraction of sp³-hybridized carbons (Fsp3) is 0.571. The van der Waals surface area contributed by atoms with E-state index in [1.807, 2.05) is 0 Å². The molecule has 0 amide bonds. The summed E-state index contributed by atoms with van der Waals surface area (Å²) in [6.07, 6.45) is 4.66. The summed E-state index contributed by atoms with van der Waals surface area (Å²) in [6, 6.07) is 4.27. The highest BCUT2D eigenvalue weighted by molar-refractivity contribution is 6.18. The van der Waals surface area contributed by atoms with Crippen molar-refractivity contribution in [1.82, 2.24) is 5.32 Å². The van der Waals surface area contributed by atoms with Gasteiger partial charge >= 0.3 is 0 Å². The molecule has 1 fully saturated rings. The summed E-state index contributed by atoms with van der Waals surface area (Å²) < 4.78 is 26.5. The molecule has 1 aromatic carbocycles. The predicted molar refractivity (Wildman–Crippen MR) is 69.7 cm³/mol. The molecule has 1 nitrogen and oxygen atoms in total. The smallest absolute Gasteiger partial charge is 0.163 e. The lowest BCUT2D eigenvalue weighted by Gasteiger charge is -2.26. The van der Waals surface area contributed by atoms with Crippen LogP contribution < -0.4 is 5.32 Å². The Balaban J connectivity index is 1.90. The minimum absolute atomic E-state index is 0.144. The Kier molecular flexibility index (Phi) is 4.57. The van der Waals surface area contributed by atoms with Crippen LogP contribution in [0.3, 0.4) is 0 Å². The first-order chi connectivity index (χ1) is 8.67. The quantitative estimate of drug-likeness (QED) is 0.804. The van der Waals surface area contributed by atoms with Crippen molar-refractivity contribution in [1.29, 1.82) is 0 Å². The normalized spacial score (nSPS) is 18.2. The van der Waals surface area contributed by atoms with Gasteiger partial charge in [0.1, 0.15) is 0 Å². The monoisotopic (exact) mass is 273 g/mol. The molecule has 1 aliphatic rings. The number of benzene rings is 1. The molecule has 1 saturated carbocycles. The number of nitrogens with one attached hydrogen (secondary N) is 1. The van der Waals surface area contributed by atoms with E-state index in [1.54, 1.807) is 6.07 Å². The maximum Gasteiger partial charge on any atom is 0.163 e. The molecule has 1 aliphatic carbocycles. The largest absolute Gasteiger partial charge is 0.312 e. The minimum Gasteiger partial charge on any atom is -0.312 e.